The minimum Gasteiger partial charge on any atom is -0.385 e. The van der Waals surface area contributed by atoms with Crippen molar-refractivity contribution in [1.82, 2.24) is 10.6 Å². The molecule has 0 bridgehead atoms. The van der Waals surface area contributed by atoms with Gasteiger partial charge in [0.05, 0.1) is 6.92 Å². The van der Waals surface area contributed by atoms with E-state index in [0.29, 0.717) is 12.8 Å². The van der Waals surface area contributed by atoms with Gasteiger partial charge in [0.1, 0.15) is 6.08 Å². The molecule has 8 nitrogen and oxygen atoms in total. The van der Waals surface area contributed by atoms with Gasteiger partial charge in [0.25, 0.3) is 13.1 Å². The van der Waals surface area contributed by atoms with E-state index in [4.69, 9.17) is 23.6 Å². The maximum Gasteiger partial charge on any atom is 0.412 e. The molecule has 0 saturated heterocycles. The Morgan fingerprint density at radius 1 is 1.44 bits per heavy atom. The zero-order chi connectivity index (χ0) is 19.3. The number of nitrogens with two attached hydrogens (primary N) is 1. The van der Waals surface area contributed by atoms with Gasteiger partial charge in [-0.15, -0.1) is 0 Å². The molecule has 8 heteroatoms. The maximum absolute atomic E-state index is 11.6. The second kappa shape index (κ2) is 12.2. The summed E-state index contributed by atoms with van der Waals surface area (Å²) in [5.74, 6) is -1.98. The van der Waals surface area contributed by atoms with Gasteiger partial charge in [0, 0.05) is 18.5 Å². The largest absolute Gasteiger partial charge is 0.412 e. The van der Waals surface area contributed by atoms with E-state index in [-0.39, 0.29) is 11.7 Å². The molecule has 0 spiro atoms. The summed E-state index contributed by atoms with van der Waals surface area (Å²) in [6.45, 7) is 11.8. The first-order valence-electron chi connectivity index (χ1n) is 8.05. The number of nitrogens with one attached hydrogen (secondary N) is 2. The van der Waals surface area contributed by atoms with Crippen LogP contribution in [0, 0.1) is 13.1 Å². The highest BCUT2D eigenvalue weighted by molar-refractivity contribution is 5.84. The predicted molar refractivity (Wildman–Crippen MR) is 98.9 cm³/mol. The molecular formula is C17H29N5O3+2. The third-order valence-electron chi connectivity index (χ3n) is 3.57. The minimum absolute atomic E-state index is 0.186. The third-order valence-corrected chi connectivity index (χ3v) is 3.57. The molecule has 0 aliphatic carbocycles. The van der Waals surface area contributed by atoms with E-state index in [9.17, 15) is 9.90 Å². The lowest BCUT2D eigenvalue weighted by Gasteiger charge is -2.23. The van der Waals surface area contributed by atoms with Crippen molar-refractivity contribution in [2.24, 2.45) is 5.73 Å². The Kier molecular flexibility index (Phi) is 11.1. The number of allylic oxidation sites excluding steroid dienone is 1. The van der Waals surface area contributed by atoms with Crippen LogP contribution in [0.25, 0.3) is 9.69 Å². The predicted octanol–water partition coefficient (Wildman–Crippen LogP) is 1.21. The van der Waals surface area contributed by atoms with Gasteiger partial charge in [-0.2, -0.15) is 0 Å². The first kappa shape index (κ1) is 22.8. The standard InChI is InChI=1S/C17H29N5O3/c1-13(19-2)25-16(23)12-15(21-4)9-6-8-14(20-3)10-7-11-17(18,24)22-5/h2,4,6,9,12-14,20,22,24H,7-8,10-11,18H2,1,3,5H3/q+2/b9-6+,15-12-. The van der Waals surface area contributed by atoms with Crippen LogP contribution in [-0.2, 0) is 9.53 Å². The molecule has 0 aromatic rings. The molecule has 0 radical (unpaired) electrons. The molecular weight excluding hydrogens is 322 g/mol. The van der Waals surface area contributed by atoms with E-state index in [1.165, 1.54) is 6.92 Å². The number of aliphatic hydroxyl groups is 1. The number of hydrogen-bond donors (Lipinski definition) is 4. The van der Waals surface area contributed by atoms with Crippen LogP contribution in [-0.4, -0.2) is 43.3 Å². The molecule has 0 aliphatic heterocycles. The monoisotopic (exact) mass is 351 g/mol. The van der Waals surface area contributed by atoms with E-state index in [1.807, 2.05) is 13.1 Å². The van der Waals surface area contributed by atoms with Crippen molar-refractivity contribution in [3.63, 3.8) is 0 Å². The van der Waals surface area contributed by atoms with Crippen molar-refractivity contribution in [3.05, 3.63) is 33.6 Å². The molecule has 0 fully saturated rings. The number of carbonyl (C=O) groups is 1. The lowest BCUT2D eigenvalue weighted by Crippen LogP contribution is -2.51. The summed E-state index contributed by atoms with van der Waals surface area (Å²) < 4.78 is 4.87. The second-order valence-electron chi connectivity index (χ2n) is 5.57. The van der Waals surface area contributed by atoms with Gasteiger partial charge in [-0.1, -0.05) is 6.08 Å². The summed E-state index contributed by atoms with van der Waals surface area (Å²) in [4.78, 5) is 18.4. The second-order valence-corrected chi connectivity index (χ2v) is 5.57. The van der Waals surface area contributed by atoms with E-state index in [2.05, 4.69) is 20.3 Å². The highest BCUT2D eigenvalue weighted by Gasteiger charge is 2.18. The Morgan fingerprint density at radius 2 is 2.12 bits per heavy atom. The smallest absolute Gasteiger partial charge is 0.385 e. The van der Waals surface area contributed by atoms with Crippen LogP contribution in [0.2, 0.25) is 0 Å². The van der Waals surface area contributed by atoms with E-state index in [1.54, 1.807) is 13.1 Å². The molecule has 3 atom stereocenters. The molecule has 0 aliphatic rings. The fraction of sp³-hybridized carbons (Fsp3) is 0.588. The van der Waals surface area contributed by atoms with Crippen molar-refractivity contribution in [2.75, 3.05) is 14.1 Å². The summed E-state index contributed by atoms with van der Waals surface area (Å²) in [5, 5.41) is 15.5. The molecule has 3 unspecified atom stereocenters. The fourth-order valence-electron chi connectivity index (χ4n) is 1.96. The number of nitrogens with zero attached hydrogens (tertiary/aromatic N) is 2. The molecule has 0 heterocycles. The maximum atomic E-state index is 11.6. The van der Waals surface area contributed by atoms with Gasteiger partial charge < -0.3 is 15.2 Å². The van der Waals surface area contributed by atoms with Gasteiger partial charge in [0.2, 0.25) is 0 Å². The topological polar surface area (TPSA) is 105 Å². The number of carbonyl (C=O) groups excluding carboxylic acids is 1. The van der Waals surface area contributed by atoms with Crippen molar-refractivity contribution < 1.29 is 14.6 Å². The van der Waals surface area contributed by atoms with Crippen LogP contribution >= 0.6 is 0 Å². The molecule has 138 valence electrons. The zero-order valence-corrected chi connectivity index (χ0v) is 15.1. The Labute approximate surface area is 149 Å². The fourth-order valence-corrected chi connectivity index (χ4v) is 1.96. The van der Waals surface area contributed by atoms with Gasteiger partial charge in [-0.3, -0.25) is 11.1 Å². The molecule has 0 saturated carbocycles. The first-order valence-corrected chi connectivity index (χ1v) is 8.05. The lowest BCUT2D eigenvalue weighted by molar-refractivity contribution is -0.140. The Hall–Kier alpha value is -2.23. The van der Waals surface area contributed by atoms with Crippen molar-refractivity contribution in [2.45, 2.75) is 50.7 Å². The van der Waals surface area contributed by atoms with Gasteiger partial charge in [0.15, 0.2) is 5.85 Å². The molecule has 0 amide bonds. The van der Waals surface area contributed by atoms with Crippen molar-refractivity contribution >= 4 is 5.97 Å². The van der Waals surface area contributed by atoms with Crippen LogP contribution in [0.15, 0.2) is 23.9 Å². The normalized spacial score (nSPS) is 16.5. The SMILES string of the molecule is C#[N+]C(=C\C(=O)OC(C)[N+]#C)/C=C/CC(CCCC(N)(O)NC)NC. The third kappa shape index (κ3) is 11.0. The van der Waals surface area contributed by atoms with E-state index in [0.717, 1.165) is 18.9 Å². The molecule has 0 aromatic carbocycles. The summed E-state index contributed by atoms with van der Waals surface area (Å²) in [5.41, 5.74) is 5.88. The number of rotatable bonds is 11. The average molecular weight is 351 g/mol. The molecule has 0 rings (SSSR count). The Balaban J connectivity index is 4.50. The highest BCUT2D eigenvalue weighted by atomic mass is 16.6. The van der Waals surface area contributed by atoms with Gasteiger partial charge in [-0.25, -0.2) is 4.79 Å². The summed E-state index contributed by atoms with van der Waals surface area (Å²) in [7, 11) is 3.46. The first-order chi connectivity index (χ1) is 11.8. The van der Waals surface area contributed by atoms with Crippen LogP contribution in [0.4, 0.5) is 0 Å². The van der Waals surface area contributed by atoms with E-state index >= 15 is 0 Å². The minimum atomic E-state index is -1.35. The zero-order valence-electron chi connectivity index (χ0n) is 15.1. The van der Waals surface area contributed by atoms with E-state index < -0.39 is 18.0 Å². The quantitative estimate of drug-likeness (QED) is 0.193. The van der Waals surface area contributed by atoms with Crippen LogP contribution in [0.3, 0.4) is 0 Å². The number of ether oxygens (including phenoxy) is 1. The Bertz CT molecular complexity index is 558. The molecule has 5 N–H and O–H groups in total. The summed E-state index contributed by atoms with van der Waals surface area (Å²) in [6, 6.07) is 0.186. The van der Waals surface area contributed by atoms with Gasteiger partial charge in [-0.05, 0) is 43.0 Å². The average Bonchev–Trinajstić information content (AvgIpc) is 2.58. The van der Waals surface area contributed by atoms with Crippen LogP contribution in [0.5, 0.6) is 0 Å². The number of hydrogen-bond acceptors (Lipinski definition) is 6. The molecule has 0 aromatic heterocycles. The van der Waals surface area contributed by atoms with Gasteiger partial charge >= 0.3 is 17.9 Å². The summed E-state index contributed by atoms with van der Waals surface area (Å²) in [6.07, 6.45) is 6.58. The highest BCUT2D eigenvalue weighted by Crippen LogP contribution is 2.11. The Morgan fingerprint density at radius 3 is 2.64 bits per heavy atom. The van der Waals surface area contributed by atoms with Crippen LogP contribution in [0.1, 0.15) is 32.6 Å². The summed E-state index contributed by atoms with van der Waals surface area (Å²) >= 11 is 0. The van der Waals surface area contributed by atoms with Crippen molar-refractivity contribution in [1.29, 1.82) is 0 Å². The number of esters is 1. The van der Waals surface area contributed by atoms with Crippen LogP contribution < -0.4 is 16.4 Å². The van der Waals surface area contributed by atoms with Crippen molar-refractivity contribution in [3.8, 4) is 13.1 Å². The lowest BCUT2D eigenvalue weighted by atomic mass is 10.0. The molecule has 25 heavy (non-hydrogen) atoms.